The molecule has 0 unspecified atom stereocenters. The Morgan fingerprint density at radius 2 is 1.83 bits per heavy atom. The summed E-state index contributed by atoms with van der Waals surface area (Å²) in [6.07, 6.45) is 0. The zero-order chi connectivity index (χ0) is 21.0. The van der Waals surface area contributed by atoms with Crippen molar-refractivity contribution in [1.82, 2.24) is 14.5 Å². The predicted octanol–water partition coefficient (Wildman–Crippen LogP) is 3.12. The molecule has 9 heteroatoms. The lowest BCUT2D eigenvalue weighted by atomic mass is 10.2. The summed E-state index contributed by atoms with van der Waals surface area (Å²) in [4.78, 5) is 12.4. The molecule has 29 heavy (non-hydrogen) atoms. The van der Waals surface area contributed by atoms with Crippen LogP contribution in [0.15, 0.2) is 63.9 Å². The van der Waals surface area contributed by atoms with Gasteiger partial charge in [0.15, 0.2) is 6.61 Å². The van der Waals surface area contributed by atoms with Gasteiger partial charge in [-0.15, -0.1) is 10.2 Å². The standard InChI is InChI=1S/C20H21N3O5S/c1-14(2)23(3)29(25,26)17-11-7-10-16(12-17)20(24)27-13-18-21-22-19(28-18)15-8-5-4-6-9-15/h4-12,14H,13H2,1-3H3. The van der Waals surface area contributed by atoms with Crippen LogP contribution in [0.2, 0.25) is 0 Å². The summed E-state index contributed by atoms with van der Waals surface area (Å²) in [5.41, 5.74) is 0.871. The van der Waals surface area contributed by atoms with Crippen LogP contribution in [-0.4, -0.2) is 42.0 Å². The minimum absolute atomic E-state index is 0.0207. The van der Waals surface area contributed by atoms with Crippen LogP contribution in [0.1, 0.15) is 30.1 Å². The van der Waals surface area contributed by atoms with Gasteiger partial charge in [-0.3, -0.25) is 0 Å². The molecule has 0 amide bonds. The zero-order valence-electron chi connectivity index (χ0n) is 16.3. The van der Waals surface area contributed by atoms with Crippen molar-refractivity contribution in [2.45, 2.75) is 31.4 Å². The first-order valence-corrected chi connectivity index (χ1v) is 10.4. The number of aromatic nitrogens is 2. The van der Waals surface area contributed by atoms with Gasteiger partial charge < -0.3 is 9.15 Å². The summed E-state index contributed by atoms with van der Waals surface area (Å²) in [6, 6.07) is 14.7. The van der Waals surface area contributed by atoms with Gasteiger partial charge in [0.2, 0.25) is 15.9 Å². The number of rotatable bonds is 7. The molecule has 8 nitrogen and oxygen atoms in total. The molecule has 0 radical (unpaired) electrons. The Bertz CT molecular complexity index is 1090. The van der Waals surface area contributed by atoms with Crippen LogP contribution in [0.3, 0.4) is 0 Å². The van der Waals surface area contributed by atoms with Crippen molar-refractivity contribution in [3.8, 4) is 11.5 Å². The monoisotopic (exact) mass is 415 g/mol. The molecule has 1 aromatic heterocycles. The van der Waals surface area contributed by atoms with Crippen molar-refractivity contribution in [3.05, 3.63) is 66.1 Å². The van der Waals surface area contributed by atoms with Gasteiger partial charge >= 0.3 is 5.97 Å². The number of carbonyl (C=O) groups excluding carboxylic acids is 1. The number of hydrogen-bond donors (Lipinski definition) is 0. The summed E-state index contributed by atoms with van der Waals surface area (Å²) in [6.45, 7) is 3.31. The molecule has 0 aliphatic carbocycles. The SMILES string of the molecule is CC(C)N(C)S(=O)(=O)c1cccc(C(=O)OCc2nnc(-c3ccccc3)o2)c1. The second kappa shape index (κ2) is 8.54. The number of hydrogen-bond acceptors (Lipinski definition) is 7. The fourth-order valence-corrected chi connectivity index (χ4v) is 3.86. The quantitative estimate of drug-likeness (QED) is 0.546. The molecule has 0 fully saturated rings. The van der Waals surface area contributed by atoms with E-state index in [1.54, 1.807) is 13.8 Å². The highest BCUT2D eigenvalue weighted by atomic mass is 32.2. The first-order chi connectivity index (χ1) is 13.8. The molecule has 152 valence electrons. The molecular weight excluding hydrogens is 394 g/mol. The smallest absolute Gasteiger partial charge is 0.338 e. The van der Waals surface area contributed by atoms with E-state index in [0.717, 1.165) is 5.56 Å². The van der Waals surface area contributed by atoms with Gasteiger partial charge in [-0.2, -0.15) is 4.31 Å². The Labute approximate surface area is 169 Å². The summed E-state index contributed by atoms with van der Waals surface area (Å²) in [5, 5.41) is 7.79. The average Bonchev–Trinajstić information content (AvgIpc) is 3.21. The normalized spacial score (nSPS) is 11.8. The van der Waals surface area contributed by atoms with Crippen LogP contribution in [0.5, 0.6) is 0 Å². The third-order valence-electron chi connectivity index (χ3n) is 4.29. The van der Waals surface area contributed by atoms with E-state index < -0.39 is 16.0 Å². The molecule has 1 heterocycles. The van der Waals surface area contributed by atoms with Crippen molar-refractivity contribution in [2.24, 2.45) is 0 Å². The topological polar surface area (TPSA) is 103 Å². The third kappa shape index (κ3) is 4.69. The highest BCUT2D eigenvalue weighted by Gasteiger charge is 2.24. The van der Waals surface area contributed by atoms with Gasteiger partial charge in [-0.25, -0.2) is 13.2 Å². The molecule has 0 aliphatic heterocycles. The van der Waals surface area contributed by atoms with Crippen LogP contribution in [-0.2, 0) is 21.4 Å². The Morgan fingerprint density at radius 1 is 1.10 bits per heavy atom. The molecule has 0 bridgehead atoms. The van der Waals surface area contributed by atoms with Crippen LogP contribution in [0.25, 0.3) is 11.5 Å². The lowest BCUT2D eigenvalue weighted by Crippen LogP contribution is -2.33. The fraction of sp³-hybridized carbons (Fsp3) is 0.250. The van der Waals surface area contributed by atoms with Crippen molar-refractivity contribution in [1.29, 1.82) is 0 Å². The summed E-state index contributed by atoms with van der Waals surface area (Å²) in [7, 11) is -2.21. The number of benzene rings is 2. The number of sulfonamides is 1. The minimum Gasteiger partial charge on any atom is -0.452 e. The molecule has 0 N–H and O–H groups in total. The van der Waals surface area contributed by atoms with Crippen molar-refractivity contribution in [2.75, 3.05) is 7.05 Å². The van der Waals surface area contributed by atoms with Crippen LogP contribution in [0.4, 0.5) is 0 Å². The van der Waals surface area contributed by atoms with Gasteiger partial charge in [-0.1, -0.05) is 24.3 Å². The molecule has 3 rings (SSSR count). The van der Waals surface area contributed by atoms with Crippen LogP contribution in [0, 0.1) is 0 Å². The second-order valence-electron chi connectivity index (χ2n) is 6.59. The number of carbonyl (C=O) groups is 1. The zero-order valence-corrected chi connectivity index (χ0v) is 17.1. The first-order valence-electron chi connectivity index (χ1n) is 8.92. The van der Waals surface area contributed by atoms with Gasteiger partial charge in [0.25, 0.3) is 5.89 Å². The molecule has 2 aromatic carbocycles. The number of esters is 1. The lowest BCUT2D eigenvalue weighted by molar-refractivity contribution is 0.0438. The Morgan fingerprint density at radius 3 is 2.52 bits per heavy atom. The third-order valence-corrected chi connectivity index (χ3v) is 6.32. The van der Waals surface area contributed by atoms with E-state index in [1.807, 2.05) is 30.3 Å². The van der Waals surface area contributed by atoms with Crippen molar-refractivity contribution in [3.63, 3.8) is 0 Å². The molecule has 0 aliphatic rings. The Kier molecular flexibility index (Phi) is 6.09. The largest absolute Gasteiger partial charge is 0.452 e. The highest BCUT2D eigenvalue weighted by molar-refractivity contribution is 7.89. The number of nitrogens with zero attached hydrogens (tertiary/aromatic N) is 3. The van der Waals surface area contributed by atoms with Gasteiger partial charge in [0, 0.05) is 18.7 Å². The highest BCUT2D eigenvalue weighted by Crippen LogP contribution is 2.20. The summed E-state index contributed by atoms with van der Waals surface area (Å²) in [5.74, 6) is -0.226. The van der Waals surface area contributed by atoms with Gasteiger partial charge in [0.1, 0.15) is 0 Å². The van der Waals surface area contributed by atoms with E-state index in [1.165, 1.54) is 35.6 Å². The molecule has 0 atom stereocenters. The first kappa shape index (κ1) is 20.7. The molecule has 0 saturated heterocycles. The van der Waals surface area contributed by atoms with E-state index in [0.29, 0.717) is 5.89 Å². The maximum Gasteiger partial charge on any atom is 0.338 e. The fourth-order valence-electron chi connectivity index (χ4n) is 2.45. The Hall–Kier alpha value is -3.04. The molecule has 0 spiro atoms. The van der Waals surface area contributed by atoms with Crippen molar-refractivity contribution < 1.29 is 22.4 Å². The molecule has 0 saturated carbocycles. The summed E-state index contributed by atoms with van der Waals surface area (Å²) >= 11 is 0. The van der Waals surface area contributed by atoms with E-state index in [2.05, 4.69) is 10.2 Å². The van der Waals surface area contributed by atoms with E-state index in [-0.39, 0.29) is 29.0 Å². The average molecular weight is 415 g/mol. The predicted molar refractivity (Wildman–Crippen MR) is 105 cm³/mol. The van der Waals surface area contributed by atoms with E-state index >= 15 is 0 Å². The lowest BCUT2D eigenvalue weighted by Gasteiger charge is -2.21. The minimum atomic E-state index is -3.70. The van der Waals surface area contributed by atoms with Crippen molar-refractivity contribution >= 4 is 16.0 Å². The van der Waals surface area contributed by atoms with E-state index in [9.17, 15) is 13.2 Å². The van der Waals surface area contributed by atoms with E-state index in [4.69, 9.17) is 9.15 Å². The second-order valence-corrected chi connectivity index (χ2v) is 8.58. The maximum absolute atomic E-state index is 12.6. The Balaban J connectivity index is 1.70. The number of ether oxygens (including phenoxy) is 1. The van der Waals surface area contributed by atoms with Gasteiger partial charge in [-0.05, 0) is 44.2 Å². The molecule has 3 aromatic rings. The van der Waals surface area contributed by atoms with Crippen LogP contribution >= 0.6 is 0 Å². The van der Waals surface area contributed by atoms with Gasteiger partial charge in [0.05, 0.1) is 10.5 Å². The molecular formula is C20H21N3O5S. The van der Waals surface area contributed by atoms with Crippen LogP contribution < -0.4 is 0 Å². The summed E-state index contributed by atoms with van der Waals surface area (Å²) < 4.78 is 37.1. The maximum atomic E-state index is 12.6.